The van der Waals surface area contributed by atoms with Crippen LogP contribution in [0.2, 0.25) is 0 Å². The lowest BCUT2D eigenvalue weighted by Crippen LogP contribution is -2.25. The number of carbonyl (C=O) groups is 1. The Morgan fingerprint density at radius 3 is 2.58 bits per heavy atom. The van der Waals surface area contributed by atoms with E-state index >= 15 is 0 Å². The second kappa shape index (κ2) is 6.78. The van der Waals surface area contributed by atoms with E-state index in [0.717, 1.165) is 5.69 Å². The van der Waals surface area contributed by atoms with Crippen LogP contribution in [0, 0.1) is 13.8 Å². The summed E-state index contributed by atoms with van der Waals surface area (Å²) in [5, 5.41) is 3.02. The molecule has 0 aliphatic heterocycles. The van der Waals surface area contributed by atoms with E-state index in [1.165, 1.54) is 11.1 Å². The zero-order valence-corrected chi connectivity index (χ0v) is 12.0. The van der Waals surface area contributed by atoms with Crippen LogP contribution in [0.1, 0.15) is 17.5 Å². The highest BCUT2D eigenvalue weighted by molar-refractivity contribution is 5.92. The average molecular weight is 262 g/mol. The van der Waals surface area contributed by atoms with Gasteiger partial charge in [-0.3, -0.25) is 9.79 Å². The number of rotatable bonds is 4. The van der Waals surface area contributed by atoms with Crippen molar-refractivity contribution in [2.45, 2.75) is 20.3 Å². The van der Waals surface area contributed by atoms with Gasteiger partial charge in [0.05, 0.1) is 6.54 Å². The molecular formula is C14H22N4O. The molecule has 0 spiro atoms. The maximum absolute atomic E-state index is 11.4. The Hall–Kier alpha value is -2.04. The van der Waals surface area contributed by atoms with E-state index in [-0.39, 0.29) is 5.91 Å². The average Bonchev–Trinajstić information content (AvgIpc) is 2.33. The molecule has 0 aliphatic rings. The molecule has 0 fully saturated rings. The van der Waals surface area contributed by atoms with Crippen molar-refractivity contribution in [3.8, 4) is 0 Å². The first-order valence-electron chi connectivity index (χ1n) is 6.24. The lowest BCUT2D eigenvalue weighted by molar-refractivity contribution is -0.128. The largest absolute Gasteiger partial charge is 0.370 e. The van der Waals surface area contributed by atoms with Gasteiger partial charge in [0.25, 0.3) is 0 Å². The standard InChI is InChI=1S/C14H22N4O/c1-10-5-6-12(9-11(10)2)17-14(15)16-8-7-13(19)18(3)4/h5-6,9H,7-8H2,1-4H3,(H3,15,16,17). The highest BCUT2D eigenvalue weighted by Gasteiger charge is 2.02. The first kappa shape index (κ1) is 15.0. The summed E-state index contributed by atoms with van der Waals surface area (Å²) in [5.74, 6) is 0.373. The first-order chi connectivity index (χ1) is 8.90. The molecule has 19 heavy (non-hydrogen) atoms. The van der Waals surface area contributed by atoms with Crippen LogP contribution in [0.4, 0.5) is 5.69 Å². The molecule has 5 nitrogen and oxygen atoms in total. The molecule has 0 aromatic heterocycles. The van der Waals surface area contributed by atoms with Gasteiger partial charge in [-0.25, -0.2) is 0 Å². The lowest BCUT2D eigenvalue weighted by Gasteiger charge is -2.10. The van der Waals surface area contributed by atoms with Gasteiger partial charge in [-0.15, -0.1) is 0 Å². The Bertz CT molecular complexity index is 480. The number of hydrogen-bond acceptors (Lipinski definition) is 2. The van der Waals surface area contributed by atoms with Gasteiger partial charge in [-0.2, -0.15) is 0 Å². The number of guanidine groups is 1. The molecule has 0 heterocycles. The highest BCUT2D eigenvalue weighted by Crippen LogP contribution is 2.13. The fourth-order valence-corrected chi connectivity index (χ4v) is 1.50. The van der Waals surface area contributed by atoms with Crippen molar-refractivity contribution < 1.29 is 4.79 Å². The molecule has 1 rings (SSSR count). The number of aryl methyl sites for hydroxylation is 2. The first-order valence-corrected chi connectivity index (χ1v) is 6.24. The molecule has 1 aromatic rings. The van der Waals surface area contributed by atoms with E-state index < -0.39 is 0 Å². The summed E-state index contributed by atoms with van der Waals surface area (Å²) in [5.41, 5.74) is 9.10. The van der Waals surface area contributed by atoms with E-state index in [4.69, 9.17) is 5.73 Å². The van der Waals surface area contributed by atoms with Crippen molar-refractivity contribution in [1.29, 1.82) is 0 Å². The predicted octanol–water partition coefficient (Wildman–Crippen LogP) is 1.51. The van der Waals surface area contributed by atoms with Gasteiger partial charge in [-0.1, -0.05) is 6.07 Å². The maximum Gasteiger partial charge on any atom is 0.223 e. The highest BCUT2D eigenvalue weighted by atomic mass is 16.2. The number of anilines is 1. The molecule has 5 heteroatoms. The Morgan fingerprint density at radius 1 is 1.32 bits per heavy atom. The number of nitrogens with two attached hydrogens (primary N) is 1. The molecule has 104 valence electrons. The van der Waals surface area contributed by atoms with E-state index in [0.29, 0.717) is 18.9 Å². The van der Waals surface area contributed by atoms with Gasteiger partial charge in [0.1, 0.15) is 0 Å². The topological polar surface area (TPSA) is 70.7 Å². The van der Waals surface area contributed by atoms with Crippen LogP contribution >= 0.6 is 0 Å². The zero-order valence-electron chi connectivity index (χ0n) is 12.0. The van der Waals surface area contributed by atoms with Gasteiger partial charge in [-0.05, 0) is 37.1 Å². The van der Waals surface area contributed by atoms with Crippen molar-refractivity contribution in [2.24, 2.45) is 10.7 Å². The van der Waals surface area contributed by atoms with Gasteiger partial charge < -0.3 is 16.0 Å². The van der Waals surface area contributed by atoms with E-state index in [9.17, 15) is 4.79 Å². The summed E-state index contributed by atoms with van der Waals surface area (Å²) < 4.78 is 0. The van der Waals surface area contributed by atoms with Crippen LogP contribution in [0.15, 0.2) is 23.2 Å². The third-order valence-corrected chi connectivity index (χ3v) is 2.89. The van der Waals surface area contributed by atoms with Crippen molar-refractivity contribution in [1.82, 2.24) is 4.90 Å². The Kier molecular flexibility index (Phi) is 5.36. The zero-order chi connectivity index (χ0) is 14.4. The SMILES string of the molecule is Cc1ccc(NC(N)=NCCC(=O)N(C)C)cc1C. The molecule has 0 saturated heterocycles. The minimum atomic E-state index is 0.0442. The lowest BCUT2D eigenvalue weighted by atomic mass is 10.1. The minimum Gasteiger partial charge on any atom is -0.370 e. The van der Waals surface area contributed by atoms with Crippen molar-refractivity contribution >= 4 is 17.6 Å². The smallest absolute Gasteiger partial charge is 0.223 e. The van der Waals surface area contributed by atoms with Crippen LogP contribution in [0.3, 0.4) is 0 Å². The maximum atomic E-state index is 11.4. The summed E-state index contributed by atoms with van der Waals surface area (Å²) in [4.78, 5) is 17.0. The number of aliphatic imine (C=N–C) groups is 1. The Morgan fingerprint density at radius 2 is 2.00 bits per heavy atom. The summed E-state index contributed by atoms with van der Waals surface area (Å²) in [6.45, 7) is 4.49. The molecule has 0 radical (unpaired) electrons. The van der Waals surface area contributed by atoms with Crippen LogP contribution in [0.25, 0.3) is 0 Å². The second-order valence-electron chi connectivity index (χ2n) is 4.73. The molecular weight excluding hydrogens is 240 g/mol. The third-order valence-electron chi connectivity index (χ3n) is 2.89. The summed E-state index contributed by atoms with van der Waals surface area (Å²) in [6, 6.07) is 6.00. The molecule has 1 aromatic carbocycles. The molecule has 0 aliphatic carbocycles. The number of carbonyl (C=O) groups excluding carboxylic acids is 1. The van der Waals surface area contributed by atoms with Crippen molar-refractivity contribution in [3.63, 3.8) is 0 Å². The van der Waals surface area contributed by atoms with Gasteiger partial charge in [0.2, 0.25) is 5.91 Å². The molecule has 3 N–H and O–H groups in total. The normalized spacial score (nSPS) is 11.3. The van der Waals surface area contributed by atoms with E-state index in [1.54, 1.807) is 19.0 Å². The van der Waals surface area contributed by atoms with Crippen LogP contribution in [-0.2, 0) is 4.79 Å². The fraction of sp³-hybridized carbons (Fsp3) is 0.429. The molecule has 0 saturated carbocycles. The summed E-state index contributed by atoms with van der Waals surface area (Å²) in [7, 11) is 3.45. The molecule has 1 amide bonds. The summed E-state index contributed by atoms with van der Waals surface area (Å²) in [6.07, 6.45) is 0.363. The number of hydrogen-bond donors (Lipinski definition) is 2. The van der Waals surface area contributed by atoms with Crippen molar-refractivity contribution in [3.05, 3.63) is 29.3 Å². The molecule has 0 bridgehead atoms. The predicted molar refractivity (Wildman–Crippen MR) is 79.3 cm³/mol. The van der Waals surface area contributed by atoms with Crippen LogP contribution < -0.4 is 11.1 Å². The Balaban J connectivity index is 2.52. The third kappa shape index (κ3) is 4.99. The number of benzene rings is 1. The number of nitrogens with zero attached hydrogens (tertiary/aromatic N) is 2. The van der Waals surface area contributed by atoms with Crippen molar-refractivity contribution in [2.75, 3.05) is 26.0 Å². The number of nitrogens with one attached hydrogen (secondary N) is 1. The second-order valence-corrected chi connectivity index (χ2v) is 4.73. The van der Waals surface area contributed by atoms with Gasteiger partial charge >= 0.3 is 0 Å². The van der Waals surface area contributed by atoms with E-state index in [2.05, 4.69) is 17.2 Å². The quantitative estimate of drug-likeness (QED) is 0.638. The summed E-state index contributed by atoms with van der Waals surface area (Å²) >= 11 is 0. The monoisotopic (exact) mass is 262 g/mol. The fourth-order valence-electron chi connectivity index (χ4n) is 1.50. The van der Waals surface area contributed by atoms with Crippen LogP contribution in [0.5, 0.6) is 0 Å². The van der Waals surface area contributed by atoms with Gasteiger partial charge in [0, 0.05) is 26.2 Å². The molecule has 0 unspecified atom stereocenters. The van der Waals surface area contributed by atoms with E-state index in [1.807, 2.05) is 25.1 Å². The van der Waals surface area contributed by atoms with Crippen LogP contribution in [-0.4, -0.2) is 37.4 Å². The minimum absolute atomic E-state index is 0.0442. The van der Waals surface area contributed by atoms with Gasteiger partial charge in [0.15, 0.2) is 5.96 Å². The molecule has 0 atom stereocenters. The number of amides is 1. The Labute approximate surface area is 114 Å².